The SMILES string of the molecule is CCn1c(=O)/c(=C2/Sc3ccc4ccccc4c3N2C)s/c1=C/c1cc[n+](C)cc1. The molecule has 1 aliphatic rings. The van der Waals surface area contributed by atoms with Gasteiger partial charge in [-0.05, 0) is 30.0 Å². The third-order valence-electron chi connectivity index (χ3n) is 5.43. The van der Waals surface area contributed by atoms with Gasteiger partial charge in [-0.3, -0.25) is 9.36 Å². The number of aryl methyl sites for hydroxylation is 1. The molecule has 0 aliphatic carbocycles. The molecule has 2 aromatic carbocycles. The number of rotatable bonds is 2. The topological polar surface area (TPSA) is 29.1 Å². The summed E-state index contributed by atoms with van der Waals surface area (Å²) >= 11 is 3.26. The first-order valence-corrected chi connectivity index (χ1v) is 11.5. The highest BCUT2D eigenvalue weighted by molar-refractivity contribution is 8.08. The van der Waals surface area contributed by atoms with E-state index in [-0.39, 0.29) is 5.56 Å². The van der Waals surface area contributed by atoms with Gasteiger partial charge in [0, 0.05) is 36.0 Å². The maximum atomic E-state index is 13.3. The second-order valence-corrected chi connectivity index (χ2v) is 9.42. The first kappa shape index (κ1) is 19.2. The number of hydrogen-bond acceptors (Lipinski definition) is 4. The van der Waals surface area contributed by atoms with Crippen LogP contribution in [0.25, 0.3) is 21.9 Å². The lowest BCUT2D eigenvalue weighted by molar-refractivity contribution is -0.671. The van der Waals surface area contributed by atoms with Crippen LogP contribution in [-0.4, -0.2) is 11.6 Å². The molecule has 0 spiro atoms. The van der Waals surface area contributed by atoms with Gasteiger partial charge in [-0.2, -0.15) is 0 Å². The fourth-order valence-corrected chi connectivity index (χ4v) is 6.35. The molecule has 0 N–H and O–H groups in total. The third-order valence-corrected chi connectivity index (χ3v) is 7.90. The molecule has 0 amide bonds. The molecule has 0 unspecified atom stereocenters. The highest BCUT2D eigenvalue weighted by Crippen LogP contribution is 2.48. The van der Waals surface area contributed by atoms with Crippen LogP contribution < -0.4 is 24.2 Å². The van der Waals surface area contributed by atoms with Gasteiger partial charge in [0.05, 0.1) is 10.4 Å². The van der Waals surface area contributed by atoms with Crippen molar-refractivity contribution in [1.29, 1.82) is 0 Å². The Labute approximate surface area is 183 Å². The van der Waals surface area contributed by atoms with E-state index in [1.165, 1.54) is 21.4 Å². The molecule has 0 radical (unpaired) electrons. The van der Waals surface area contributed by atoms with Crippen molar-refractivity contribution in [2.45, 2.75) is 18.4 Å². The Bertz CT molecular complexity index is 1450. The second-order valence-electron chi connectivity index (χ2n) is 7.36. The number of aromatic nitrogens is 2. The zero-order chi connectivity index (χ0) is 20.8. The molecule has 5 rings (SSSR count). The van der Waals surface area contributed by atoms with Crippen molar-refractivity contribution in [2.75, 3.05) is 11.9 Å². The van der Waals surface area contributed by atoms with Crippen LogP contribution in [0, 0.1) is 0 Å². The Hall–Kier alpha value is -2.83. The molecule has 4 aromatic rings. The summed E-state index contributed by atoms with van der Waals surface area (Å²) in [7, 11) is 4.07. The van der Waals surface area contributed by atoms with Crippen molar-refractivity contribution in [3.63, 3.8) is 0 Å². The predicted molar refractivity (Wildman–Crippen MR) is 126 cm³/mol. The Morgan fingerprint density at radius 2 is 1.83 bits per heavy atom. The van der Waals surface area contributed by atoms with E-state index in [0.717, 1.165) is 19.8 Å². The number of thiazole rings is 1. The minimum atomic E-state index is 0.0849. The summed E-state index contributed by atoms with van der Waals surface area (Å²) in [5.41, 5.74) is 2.36. The summed E-state index contributed by atoms with van der Waals surface area (Å²) in [5, 5.41) is 3.45. The fourth-order valence-electron chi connectivity index (χ4n) is 3.86. The van der Waals surface area contributed by atoms with Gasteiger partial charge in [-0.25, -0.2) is 4.57 Å². The molecular formula is C24H22N3OS2+. The lowest BCUT2D eigenvalue weighted by Crippen LogP contribution is -2.33. The minimum Gasteiger partial charge on any atom is -0.336 e. The maximum Gasteiger partial charge on any atom is 0.271 e. The largest absolute Gasteiger partial charge is 0.336 e. The summed E-state index contributed by atoms with van der Waals surface area (Å²) < 4.78 is 5.66. The normalized spacial score (nSPS) is 15.8. The minimum absolute atomic E-state index is 0.0849. The van der Waals surface area contributed by atoms with E-state index in [9.17, 15) is 4.79 Å². The average Bonchev–Trinajstić information content (AvgIpc) is 3.26. The molecule has 0 fully saturated rings. The Kier molecular flexibility index (Phi) is 4.76. The van der Waals surface area contributed by atoms with Gasteiger partial charge in [-0.1, -0.05) is 42.1 Å². The van der Waals surface area contributed by atoms with Crippen LogP contribution >= 0.6 is 23.1 Å². The fraction of sp³-hybridized carbons (Fsp3) is 0.167. The van der Waals surface area contributed by atoms with Gasteiger partial charge in [0.2, 0.25) is 0 Å². The molecule has 2 aromatic heterocycles. The maximum absolute atomic E-state index is 13.3. The molecular weight excluding hydrogens is 410 g/mol. The first-order chi connectivity index (χ1) is 14.6. The lowest BCUT2D eigenvalue weighted by Gasteiger charge is -2.15. The summed E-state index contributed by atoms with van der Waals surface area (Å²) in [5.74, 6) is 0. The van der Waals surface area contributed by atoms with Crippen LogP contribution in [0.5, 0.6) is 0 Å². The number of pyridine rings is 1. The van der Waals surface area contributed by atoms with Crippen molar-refractivity contribution in [3.05, 3.63) is 86.0 Å². The summed E-state index contributed by atoms with van der Waals surface area (Å²) in [6.45, 7) is 2.68. The van der Waals surface area contributed by atoms with Gasteiger partial charge < -0.3 is 4.90 Å². The summed E-state index contributed by atoms with van der Waals surface area (Å²) in [6.07, 6.45) is 6.14. The molecule has 0 atom stereocenters. The van der Waals surface area contributed by atoms with Crippen LogP contribution in [0.3, 0.4) is 0 Å². The zero-order valence-corrected chi connectivity index (χ0v) is 18.8. The summed E-state index contributed by atoms with van der Waals surface area (Å²) in [4.78, 5) is 16.7. The second kappa shape index (κ2) is 7.45. The van der Waals surface area contributed by atoms with Crippen molar-refractivity contribution in [3.8, 4) is 0 Å². The molecule has 30 heavy (non-hydrogen) atoms. The van der Waals surface area contributed by atoms with E-state index < -0.39 is 0 Å². The number of benzene rings is 2. The van der Waals surface area contributed by atoms with E-state index in [0.29, 0.717) is 6.54 Å². The van der Waals surface area contributed by atoms with E-state index in [4.69, 9.17) is 0 Å². The quantitative estimate of drug-likeness (QED) is 0.456. The van der Waals surface area contributed by atoms with Crippen LogP contribution in [-0.2, 0) is 13.6 Å². The zero-order valence-electron chi connectivity index (χ0n) is 17.1. The Morgan fingerprint density at radius 3 is 2.60 bits per heavy atom. The molecule has 1 aliphatic heterocycles. The first-order valence-electron chi connectivity index (χ1n) is 9.91. The van der Waals surface area contributed by atoms with Crippen LogP contribution in [0.4, 0.5) is 5.69 Å². The number of hydrogen-bond donors (Lipinski definition) is 0. The van der Waals surface area contributed by atoms with Gasteiger partial charge in [0.25, 0.3) is 5.56 Å². The number of anilines is 1. The highest BCUT2D eigenvalue weighted by Gasteiger charge is 2.26. The third kappa shape index (κ3) is 3.07. The molecule has 6 heteroatoms. The van der Waals surface area contributed by atoms with Gasteiger partial charge >= 0.3 is 0 Å². The van der Waals surface area contributed by atoms with Gasteiger partial charge in [0.15, 0.2) is 12.4 Å². The van der Waals surface area contributed by atoms with Crippen LogP contribution in [0.1, 0.15) is 12.5 Å². The molecule has 4 nitrogen and oxygen atoms in total. The highest BCUT2D eigenvalue weighted by atomic mass is 32.2. The molecule has 150 valence electrons. The molecule has 0 bridgehead atoms. The van der Waals surface area contributed by atoms with Crippen molar-refractivity contribution < 1.29 is 4.57 Å². The number of nitrogens with zero attached hydrogens (tertiary/aromatic N) is 3. The molecule has 0 saturated carbocycles. The molecule has 0 saturated heterocycles. The van der Waals surface area contributed by atoms with Crippen molar-refractivity contribution in [1.82, 2.24) is 4.57 Å². The molecule has 3 heterocycles. The Balaban J connectivity index is 1.72. The van der Waals surface area contributed by atoms with Crippen LogP contribution in [0.2, 0.25) is 0 Å². The van der Waals surface area contributed by atoms with E-state index >= 15 is 0 Å². The number of thioether (sulfide) groups is 1. The van der Waals surface area contributed by atoms with Crippen molar-refractivity contribution in [2.24, 2.45) is 7.05 Å². The van der Waals surface area contributed by atoms with Crippen LogP contribution in [0.15, 0.2) is 70.6 Å². The predicted octanol–water partition coefficient (Wildman–Crippen LogP) is 3.04. The summed E-state index contributed by atoms with van der Waals surface area (Å²) in [6, 6.07) is 16.9. The average molecular weight is 433 g/mol. The van der Waals surface area contributed by atoms with E-state index in [2.05, 4.69) is 66.6 Å². The van der Waals surface area contributed by atoms with Gasteiger partial charge in [0.1, 0.15) is 16.6 Å². The lowest BCUT2D eigenvalue weighted by atomic mass is 10.1. The monoisotopic (exact) mass is 432 g/mol. The smallest absolute Gasteiger partial charge is 0.271 e. The van der Waals surface area contributed by atoms with E-state index in [1.54, 1.807) is 23.1 Å². The van der Waals surface area contributed by atoms with Crippen molar-refractivity contribution >= 4 is 50.7 Å². The van der Waals surface area contributed by atoms with Gasteiger partial charge in [-0.15, -0.1) is 11.3 Å². The standard InChI is InChI=1S/C24H22N3OS2/c1-4-27-20(15-16-11-13-25(2)14-12-16)30-22(23(27)28)24-26(3)21-18-8-6-5-7-17(18)9-10-19(21)29-24/h5-15H,4H2,1-3H3/q+1/b24-22-. The Morgan fingerprint density at radius 1 is 1.07 bits per heavy atom. The van der Waals surface area contributed by atoms with E-state index in [1.807, 2.05) is 35.5 Å². The number of fused-ring (bicyclic) bond motifs is 3.